The zero-order valence-corrected chi connectivity index (χ0v) is 22.5. The number of ether oxygens (including phenoxy) is 1. The van der Waals surface area contributed by atoms with Gasteiger partial charge in [-0.25, -0.2) is 0 Å². The molecule has 0 spiro atoms. The summed E-state index contributed by atoms with van der Waals surface area (Å²) in [7, 11) is 0. The zero-order chi connectivity index (χ0) is 26.2. The highest BCUT2D eigenvalue weighted by Crippen LogP contribution is 2.51. The smallest absolute Gasteiger partial charge is 0.151 e. The minimum atomic E-state index is 0.500. The highest BCUT2D eigenvalue weighted by molar-refractivity contribution is 5.91. The van der Waals surface area contributed by atoms with Crippen molar-refractivity contribution in [3.8, 4) is 33.8 Å². The summed E-state index contributed by atoms with van der Waals surface area (Å²) < 4.78 is 6.26. The number of anilines is 3. The van der Waals surface area contributed by atoms with Crippen LogP contribution in [0.1, 0.15) is 50.7 Å². The lowest BCUT2D eigenvalue weighted by Gasteiger charge is -2.33. The highest BCUT2D eigenvalue weighted by atomic mass is 16.5. The molecule has 1 aliphatic rings. The summed E-state index contributed by atoms with van der Waals surface area (Å²) in [5.74, 6) is 2.74. The van der Waals surface area contributed by atoms with Gasteiger partial charge in [-0.05, 0) is 81.6 Å². The standard InChI is InChI=1S/C36H33NO/c1-24(2)26-13-17-28(18-14-26)31-22-21-30(23-32(31)29-19-15-27(16-20-29)25(3)4)37-33-9-5-7-11-35(33)38-36-12-8-6-10-34(36)37/h5-25H,1-4H3. The van der Waals surface area contributed by atoms with Gasteiger partial charge >= 0.3 is 0 Å². The third-order valence-corrected chi connectivity index (χ3v) is 7.47. The molecule has 0 saturated heterocycles. The van der Waals surface area contributed by atoms with Crippen LogP contribution in [0.2, 0.25) is 0 Å². The average molecular weight is 496 g/mol. The molecule has 188 valence electrons. The van der Waals surface area contributed by atoms with Crippen LogP contribution in [0.25, 0.3) is 22.3 Å². The largest absolute Gasteiger partial charge is 0.453 e. The van der Waals surface area contributed by atoms with E-state index in [1.807, 2.05) is 24.3 Å². The van der Waals surface area contributed by atoms with Crippen LogP contribution >= 0.6 is 0 Å². The van der Waals surface area contributed by atoms with Crippen LogP contribution in [-0.2, 0) is 0 Å². The molecular weight excluding hydrogens is 462 g/mol. The zero-order valence-electron chi connectivity index (χ0n) is 22.5. The van der Waals surface area contributed by atoms with Gasteiger partial charge in [0.25, 0.3) is 0 Å². The maximum Gasteiger partial charge on any atom is 0.151 e. The third kappa shape index (κ3) is 4.37. The van der Waals surface area contributed by atoms with Crippen LogP contribution in [0.4, 0.5) is 17.1 Å². The van der Waals surface area contributed by atoms with Gasteiger partial charge in [0.1, 0.15) is 0 Å². The van der Waals surface area contributed by atoms with Crippen molar-refractivity contribution in [2.24, 2.45) is 0 Å². The van der Waals surface area contributed by atoms with Crippen molar-refractivity contribution in [1.29, 1.82) is 0 Å². The normalized spacial score (nSPS) is 12.3. The van der Waals surface area contributed by atoms with Crippen LogP contribution in [0.3, 0.4) is 0 Å². The van der Waals surface area contributed by atoms with E-state index in [2.05, 4.69) is 124 Å². The second kappa shape index (κ2) is 9.87. The van der Waals surface area contributed by atoms with Crippen molar-refractivity contribution in [3.05, 3.63) is 126 Å². The molecule has 0 saturated carbocycles. The van der Waals surface area contributed by atoms with Crippen LogP contribution in [-0.4, -0.2) is 0 Å². The molecule has 0 bridgehead atoms. The summed E-state index contributed by atoms with van der Waals surface area (Å²) in [6.07, 6.45) is 0. The first-order valence-electron chi connectivity index (χ1n) is 13.5. The van der Waals surface area contributed by atoms with E-state index in [0.717, 1.165) is 28.6 Å². The molecule has 2 nitrogen and oxygen atoms in total. The summed E-state index contributed by atoms with van der Waals surface area (Å²) in [6.45, 7) is 8.96. The van der Waals surface area contributed by atoms with Gasteiger partial charge in [0.2, 0.25) is 0 Å². The molecule has 0 amide bonds. The Kier molecular flexibility index (Phi) is 6.25. The Labute approximate surface area is 226 Å². The Hall–Kier alpha value is -4.30. The van der Waals surface area contributed by atoms with Gasteiger partial charge in [-0.3, -0.25) is 0 Å². The van der Waals surface area contributed by atoms with E-state index in [1.165, 1.54) is 33.4 Å². The van der Waals surface area contributed by atoms with Crippen molar-refractivity contribution < 1.29 is 4.74 Å². The first-order chi connectivity index (χ1) is 18.5. The molecule has 2 heteroatoms. The first kappa shape index (κ1) is 24.1. The SMILES string of the molecule is CC(C)c1ccc(-c2ccc(N3c4ccccc4Oc4ccccc43)cc2-c2ccc(C(C)C)cc2)cc1. The molecule has 0 aliphatic carbocycles. The number of hydrogen-bond donors (Lipinski definition) is 0. The summed E-state index contributed by atoms with van der Waals surface area (Å²) in [4.78, 5) is 2.31. The Morgan fingerprint density at radius 2 is 0.974 bits per heavy atom. The Morgan fingerprint density at radius 1 is 0.500 bits per heavy atom. The highest BCUT2D eigenvalue weighted by Gasteiger charge is 2.26. The monoisotopic (exact) mass is 495 g/mol. The van der Waals surface area contributed by atoms with Gasteiger partial charge < -0.3 is 9.64 Å². The van der Waals surface area contributed by atoms with E-state index < -0.39 is 0 Å². The summed E-state index contributed by atoms with van der Waals surface area (Å²) in [5, 5.41) is 0. The van der Waals surface area contributed by atoms with Crippen molar-refractivity contribution in [2.75, 3.05) is 4.90 Å². The van der Waals surface area contributed by atoms with Crippen LogP contribution in [0.15, 0.2) is 115 Å². The lowest BCUT2D eigenvalue weighted by Crippen LogP contribution is -2.15. The predicted octanol–water partition coefficient (Wildman–Crippen LogP) is 10.8. The average Bonchev–Trinajstić information content (AvgIpc) is 2.95. The molecule has 5 aromatic rings. The van der Waals surface area contributed by atoms with E-state index in [-0.39, 0.29) is 0 Å². The fourth-order valence-corrected chi connectivity index (χ4v) is 5.24. The van der Waals surface area contributed by atoms with E-state index >= 15 is 0 Å². The maximum atomic E-state index is 6.26. The van der Waals surface area contributed by atoms with Crippen molar-refractivity contribution >= 4 is 17.1 Å². The number of para-hydroxylation sites is 4. The topological polar surface area (TPSA) is 12.5 Å². The molecule has 38 heavy (non-hydrogen) atoms. The van der Waals surface area contributed by atoms with Gasteiger partial charge in [-0.15, -0.1) is 0 Å². The van der Waals surface area contributed by atoms with Crippen molar-refractivity contribution in [1.82, 2.24) is 0 Å². The summed E-state index contributed by atoms with van der Waals surface area (Å²) in [6, 6.07) is 41.4. The lowest BCUT2D eigenvalue weighted by molar-refractivity contribution is 0.477. The quantitative estimate of drug-likeness (QED) is 0.236. The molecule has 0 unspecified atom stereocenters. The number of fused-ring (bicyclic) bond motifs is 2. The minimum absolute atomic E-state index is 0.500. The molecule has 0 aromatic heterocycles. The number of nitrogens with zero attached hydrogens (tertiary/aromatic N) is 1. The molecule has 5 aromatic carbocycles. The molecular formula is C36H33NO. The fourth-order valence-electron chi connectivity index (χ4n) is 5.24. The number of hydrogen-bond acceptors (Lipinski definition) is 2. The Balaban J connectivity index is 1.53. The van der Waals surface area contributed by atoms with E-state index in [1.54, 1.807) is 0 Å². The van der Waals surface area contributed by atoms with Crippen LogP contribution in [0, 0.1) is 0 Å². The number of rotatable bonds is 5. The summed E-state index contributed by atoms with van der Waals surface area (Å²) >= 11 is 0. The van der Waals surface area contributed by atoms with E-state index in [9.17, 15) is 0 Å². The second-order valence-corrected chi connectivity index (χ2v) is 10.7. The fraction of sp³-hybridized carbons (Fsp3) is 0.167. The van der Waals surface area contributed by atoms with Gasteiger partial charge in [0.05, 0.1) is 11.4 Å². The van der Waals surface area contributed by atoms with Gasteiger partial charge in [-0.2, -0.15) is 0 Å². The molecule has 1 aliphatic heterocycles. The molecule has 0 atom stereocenters. The lowest BCUT2D eigenvalue weighted by atomic mass is 9.91. The maximum absolute atomic E-state index is 6.26. The Morgan fingerprint density at radius 3 is 1.47 bits per heavy atom. The predicted molar refractivity (Wildman–Crippen MR) is 160 cm³/mol. The Bertz CT molecular complexity index is 1530. The molecule has 1 heterocycles. The first-order valence-corrected chi connectivity index (χ1v) is 13.5. The van der Waals surface area contributed by atoms with Crippen LogP contribution in [0.5, 0.6) is 11.5 Å². The summed E-state index contributed by atoms with van der Waals surface area (Å²) in [5.41, 5.74) is 10.8. The molecule has 6 rings (SSSR count). The van der Waals surface area contributed by atoms with Gasteiger partial charge in [-0.1, -0.05) is 107 Å². The third-order valence-electron chi connectivity index (χ3n) is 7.47. The molecule has 0 N–H and O–H groups in total. The van der Waals surface area contributed by atoms with Gasteiger partial charge in [0, 0.05) is 5.69 Å². The molecule has 0 fully saturated rings. The molecule has 0 radical (unpaired) electrons. The van der Waals surface area contributed by atoms with E-state index in [0.29, 0.717) is 11.8 Å². The minimum Gasteiger partial charge on any atom is -0.453 e. The second-order valence-electron chi connectivity index (χ2n) is 10.7. The number of benzene rings is 5. The van der Waals surface area contributed by atoms with Crippen LogP contribution < -0.4 is 9.64 Å². The van der Waals surface area contributed by atoms with Crippen molar-refractivity contribution in [3.63, 3.8) is 0 Å². The van der Waals surface area contributed by atoms with E-state index in [4.69, 9.17) is 4.74 Å². The van der Waals surface area contributed by atoms with Crippen molar-refractivity contribution in [2.45, 2.75) is 39.5 Å². The van der Waals surface area contributed by atoms with Gasteiger partial charge in [0.15, 0.2) is 11.5 Å².